The standard InChI is InChI=1S/C47H41N3/c1-47(2)41-22-13-20-34(45(41)40-30-36-18-9-10-19-37(36)31-42(40)47)26-29-43(50-46(48)35-16-7-4-8-17-35)33-24-27-38(28-25-33)49-44-23-12-11-21-39(44)32-14-5-3-6-15-32/h3-31,43,46,49-50H,48H2,1-2H3/b29-26+. The van der Waals surface area contributed by atoms with Gasteiger partial charge in [0.15, 0.2) is 0 Å². The average molecular weight is 648 g/mol. The van der Waals surface area contributed by atoms with E-state index in [1.165, 1.54) is 49.7 Å². The Hall–Kier alpha value is -5.74. The molecule has 2 unspecified atom stereocenters. The molecule has 7 aromatic rings. The molecule has 50 heavy (non-hydrogen) atoms. The summed E-state index contributed by atoms with van der Waals surface area (Å²) in [6.45, 7) is 4.69. The third-order valence-electron chi connectivity index (χ3n) is 10.1. The quantitative estimate of drug-likeness (QED) is 0.137. The number of hydrogen-bond acceptors (Lipinski definition) is 3. The Labute approximate surface area is 295 Å². The van der Waals surface area contributed by atoms with Gasteiger partial charge in [0.1, 0.15) is 0 Å². The molecule has 1 aliphatic rings. The predicted octanol–water partition coefficient (Wildman–Crippen LogP) is 11.6. The van der Waals surface area contributed by atoms with Crippen molar-refractivity contribution in [2.45, 2.75) is 31.5 Å². The lowest BCUT2D eigenvalue weighted by atomic mass is 9.81. The SMILES string of the molecule is CC1(C)c2cc3ccccc3cc2-c2c(/C=C/C(NC(N)c3ccccc3)c3ccc(Nc4ccccc4-c4ccccc4)cc3)cccc21. The van der Waals surface area contributed by atoms with Crippen LogP contribution < -0.4 is 16.4 Å². The van der Waals surface area contributed by atoms with Crippen LogP contribution in [0.1, 0.15) is 53.9 Å². The fourth-order valence-corrected chi connectivity index (χ4v) is 7.44. The maximum atomic E-state index is 6.79. The summed E-state index contributed by atoms with van der Waals surface area (Å²) < 4.78 is 0. The van der Waals surface area contributed by atoms with E-state index in [4.69, 9.17) is 5.73 Å². The van der Waals surface area contributed by atoms with Crippen molar-refractivity contribution >= 4 is 28.2 Å². The van der Waals surface area contributed by atoms with E-state index >= 15 is 0 Å². The molecule has 1 aliphatic carbocycles. The molecular weight excluding hydrogens is 607 g/mol. The zero-order chi connectivity index (χ0) is 34.1. The van der Waals surface area contributed by atoms with Crippen LogP contribution in [0.25, 0.3) is 39.1 Å². The lowest BCUT2D eigenvalue weighted by Gasteiger charge is -2.23. The van der Waals surface area contributed by atoms with Crippen LogP contribution in [-0.4, -0.2) is 0 Å². The van der Waals surface area contributed by atoms with E-state index in [2.05, 4.69) is 176 Å². The number of fused-ring (bicyclic) bond motifs is 4. The lowest BCUT2D eigenvalue weighted by molar-refractivity contribution is 0.509. The van der Waals surface area contributed by atoms with Crippen molar-refractivity contribution in [2.24, 2.45) is 5.73 Å². The number of nitrogens with two attached hydrogens (primary N) is 1. The third-order valence-corrected chi connectivity index (χ3v) is 10.1. The molecule has 0 spiro atoms. The highest BCUT2D eigenvalue weighted by Gasteiger charge is 2.36. The Morgan fingerprint density at radius 3 is 2.00 bits per heavy atom. The topological polar surface area (TPSA) is 50.1 Å². The highest BCUT2D eigenvalue weighted by molar-refractivity contribution is 5.96. The van der Waals surface area contributed by atoms with Gasteiger partial charge in [-0.25, -0.2) is 0 Å². The molecule has 4 N–H and O–H groups in total. The summed E-state index contributed by atoms with van der Waals surface area (Å²) in [6.07, 6.45) is 4.20. The molecule has 3 nitrogen and oxygen atoms in total. The predicted molar refractivity (Wildman–Crippen MR) is 211 cm³/mol. The van der Waals surface area contributed by atoms with Gasteiger partial charge in [0.2, 0.25) is 0 Å². The first-order chi connectivity index (χ1) is 24.5. The van der Waals surface area contributed by atoms with Gasteiger partial charge in [-0.2, -0.15) is 0 Å². The third kappa shape index (κ3) is 6.03. The monoisotopic (exact) mass is 647 g/mol. The van der Waals surface area contributed by atoms with Crippen molar-refractivity contribution < 1.29 is 0 Å². The van der Waals surface area contributed by atoms with E-state index in [0.29, 0.717) is 0 Å². The van der Waals surface area contributed by atoms with Crippen LogP contribution in [0.2, 0.25) is 0 Å². The second-order valence-corrected chi connectivity index (χ2v) is 13.7. The second-order valence-electron chi connectivity index (χ2n) is 13.7. The largest absolute Gasteiger partial charge is 0.355 e. The van der Waals surface area contributed by atoms with Gasteiger partial charge in [-0.15, -0.1) is 0 Å². The van der Waals surface area contributed by atoms with Crippen LogP contribution in [0.15, 0.2) is 170 Å². The molecule has 0 aliphatic heterocycles. The molecule has 8 rings (SSSR count). The van der Waals surface area contributed by atoms with Gasteiger partial charge in [-0.1, -0.05) is 159 Å². The van der Waals surface area contributed by atoms with Crippen molar-refractivity contribution in [1.29, 1.82) is 0 Å². The Kier molecular flexibility index (Phi) is 8.38. The molecule has 0 heterocycles. The zero-order valence-electron chi connectivity index (χ0n) is 28.5. The van der Waals surface area contributed by atoms with E-state index in [1.54, 1.807) is 0 Å². The molecule has 0 radical (unpaired) electrons. The summed E-state index contributed by atoms with van der Waals surface area (Å²) in [6, 6.07) is 57.9. The normalized spacial score (nSPS) is 14.3. The molecule has 7 aromatic carbocycles. The van der Waals surface area contributed by atoms with E-state index < -0.39 is 0 Å². The van der Waals surface area contributed by atoms with Crippen LogP contribution in [0.4, 0.5) is 11.4 Å². The number of para-hydroxylation sites is 1. The van der Waals surface area contributed by atoms with Gasteiger partial charge in [-0.3, -0.25) is 5.32 Å². The molecule has 2 atom stereocenters. The van der Waals surface area contributed by atoms with Gasteiger partial charge >= 0.3 is 0 Å². The highest BCUT2D eigenvalue weighted by atomic mass is 15.0. The zero-order valence-corrected chi connectivity index (χ0v) is 28.5. The summed E-state index contributed by atoms with van der Waals surface area (Å²) in [5.41, 5.74) is 19.9. The van der Waals surface area contributed by atoms with Crippen molar-refractivity contribution in [2.75, 3.05) is 5.32 Å². The summed E-state index contributed by atoms with van der Waals surface area (Å²) in [5.74, 6) is 0. The first-order valence-corrected chi connectivity index (χ1v) is 17.4. The van der Waals surface area contributed by atoms with Gasteiger partial charge < -0.3 is 11.1 Å². The molecule has 0 fully saturated rings. The molecule has 0 bridgehead atoms. The van der Waals surface area contributed by atoms with Gasteiger partial charge in [0, 0.05) is 22.4 Å². The number of hydrogen-bond donors (Lipinski definition) is 3. The molecule has 0 saturated carbocycles. The summed E-state index contributed by atoms with van der Waals surface area (Å²) in [4.78, 5) is 0. The number of anilines is 2. The van der Waals surface area contributed by atoms with Crippen molar-refractivity contribution in [1.82, 2.24) is 5.32 Å². The van der Waals surface area contributed by atoms with Gasteiger partial charge in [0.25, 0.3) is 0 Å². The molecule has 0 aromatic heterocycles. The van der Waals surface area contributed by atoms with Gasteiger partial charge in [-0.05, 0) is 85.6 Å². The van der Waals surface area contributed by atoms with Crippen LogP contribution >= 0.6 is 0 Å². The first-order valence-electron chi connectivity index (χ1n) is 17.4. The second kappa shape index (κ2) is 13.3. The minimum atomic E-state index is -0.339. The van der Waals surface area contributed by atoms with E-state index in [-0.39, 0.29) is 17.6 Å². The van der Waals surface area contributed by atoms with Crippen LogP contribution in [0.3, 0.4) is 0 Å². The number of rotatable bonds is 9. The van der Waals surface area contributed by atoms with Crippen LogP contribution in [0, 0.1) is 0 Å². The maximum absolute atomic E-state index is 6.79. The summed E-state index contributed by atoms with van der Waals surface area (Å²) in [5, 5.41) is 9.92. The number of nitrogens with one attached hydrogen (secondary N) is 2. The fraction of sp³-hybridized carbons (Fsp3) is 0.106. The van der Waals surface area contributed by atoms with E-state index in [9.17, 15) is 0 Å². The first kappa shape index (κ1) is 31.5. The average Bonchev–Trinajstić information content (AvgIpc) is 3.39. The molecule has 3 heteroatoms. The number of benzene rings is 7. The Balaban J connectivity index is 1.14. The lowest BCUT2D eigenvalue weighted by Crippen LogP contribution is -2.31. The minimum absolute atomic E-state index is 0.0895. The molecular formula is C47H41N3. The minimum Gasteiger partial charge on any atom is -0.355 e. The Morgan fingerprint density at radius 1 is 0.580 bits per heavy atom. The Bertz CT molecular complexity index is 2300. The molecule has 244 valence electrons. The smallest absolute Gasteiger partial charge is 0.0817 e. The van der Waals surface area contributed by atoms with E-state index in [1.807, 2.05) is 24.3 Å². The van der Waals surface area contributed by atoms with Gasteiger partial charge in [0.05, 0.1) is 12.2 Å². The summed E-state index contributed by atoms with van der Waals surface area (Å²) in [7, 11) is 0. The summed E-state index contributed by atoms with van der Waals surface area (Å²) >= 11 is 0. The highest BCUT2D eigenvalue weighted by Crippen LogP contribution is 2.51. The van der Waals surface area contributed by atoms with Crippen molar-refractivity contribution in [3.05, 3.63) is 198 Å². The molecule has 0 amide bonds. The van der Waals surface area contributed by atoms with Crippen molar-refractivity contribution in [3.63, 3.8) is 0 Å². The maximum Gasteiger partial charge on any atom is 0.0817 e. The van der Waals surface area contributed by atoms with Crippen molar-refractivity contribution in [3.8, 4) is 22.3 Å². The van der Waals surface area contributed by atoms with Crippen LogP contribution in [-0.2, 0) is 5.41 Å². The van der Waals surface area contributed by atoms with Crippen LogP contribution in [0.5, 0.6) is 0 Å². The Morgan fingerprint density at radius 2 is 1.24 bits per heavy atom. The van der Waals surface area contributed by atoms with E-state index in [0.717, 1.165) is 22.5 Å². The molecule has 0 saturated heterocycles. The fourth-order valence-electron chi connectivity index (χ4n) is 7.44.